The SMILES string of the molecule is Cc1ccc(C)c(OCc2nnc(Sc3cc(C)c(C#N)c4nc5ccccc5n34)o2)c1. The zero-order chi connectivity index (χ0) is 22.2. The summed E-state index contributed by atoms with van der Waals surface area (Å²) in [6.45, 7) is 6.11. The van der Waals surface area contributed by atoms with Gasteiger partial charge in [0, 0.05) is 0 Å². The van der Waals surface area contributed by atoms with Crippen molar-refractivity contribution in [3.05, 3.63) is 76.7 Å². The second-order valence-electron chi connectivity index (χ2n) is 7.53. The van der Waals surface area contributed by atoms with E-state index in [1.165, 1.54) is 11.8 Å². The van der Waals surface area contributed by atoms with Crippen LogP contribution in [0.25, 0.3) is 16.7 Å². The standard InChI is InChI=1S/C24H19N5O2S/c1-14-8-9-15(2)20(10-14)30-13-21-27-28-24(31-21)32-22-11-16(3)17(12-25)23-26-18-6-4-5-7-19(18)29(22)23/h4-11H,13H2,1-3H3. The molecule has 0 saturated heterocycles. The molecule has 3 heterocycles. The van der Waals surface area contributed by atoms with Gasteiger partial charge in [0.25, 0.3) is 11.1 Å². The number of hydrogen-bond acceptors (Lipinski definition) is 7. The second-order valence-corrected chi connectivity index (χ2v) is 8.50. The highest BCUT2D eigenvalue weighted by atomic mass is 32.2. The number of para-hydroxylation sites is 2. The van der Waals surface area contributed by atoms with E-state index in [2.05, 4.69) is 21.3 Å². The Morgan fingerprint density at radius 3 is 2.75 bits per heavy atom. The molecule has 0 atom stereocenters. The van der Waals surface area contributed by atoms with Crippen molar-refractivity contribution in [3.63, 3.8) is 0 Å². The van der Waals surface area contributed by atoms with Gasteiger partial charge >= 0.3 is 0 Å². The first-order chi connectivity index (χ1) is 15.5. The lowest BCUT2D eigenvalue weighted by Gasteiger charge is -2.08. The first-order valence-corrected chi connectivity index (χ1v) is 10.9. The molecule has 8 heteroatoms. The van der Waals surface area contributed by atoms with E-state index >= 15 is 0 Å². The molecule has 0 amide bonds. The molecule has 0 bridgehead atoms. The van der Waals surface area contributed by atoms with Crippen LogP contribution < -0.4 is 4.74 Å². The van der Waals surface area contributed by atoms with Gasteiger partial charge in [-0.2, -0.15) is 5.26 Å². The lowest BCUT2D eigenvalue weighted by molar-refractivity contribution is 0.250. The summed E-state index contributed by atoms with van der Waals surface area (Å²) in [5, 5.41) is 19.2. The molecule has 0 radical (unpaired) electrons. The smallest absolute Gasteiger partial charge is 0.283 e. The summed E-state index contributed by atoms with van der Waals surface area (Å²) in [6, 6.07) is 18.1. The van der Waals surface area contributed by atoms with Crippen LogP contribution in [0, 0.1) is 32.1 Å². The molecule has 2 aromatic carbocycles. The zero-order valence-electron chi connectivity index (χ0n) is 17.8. The number of benzene rings is 2. The molecule has 7 nitrogen and oxygen atoms in total. The highest BCUT2D eigenvalue weighted by Gasteiger charge is 2.18. The molecule has 158 valence electrons. The van der Waals surface area contributed by atoms with Crippen molar-refractivity contribution in [3.8, 4) is 11.8 Å². The summed E-state index contributed by atoms with van der Waals surface area (Å²) in [5.41, 5.74) is 5.93. The molecule has 5 rings (SSSR count). The third-order valence-electron chi connectivity index (χ3n) is 5.19. The van der Waals surface area contributed by atoms with E-state index in [0.29, 0.717) is 22.3 Å². The number of fused-ring (bicyclic) bond motifs is 3. The molecule has 0 aliphatic carbocycles. The Balaban J connectivity index is 1.46. The number of imidazole rings is 1. The van der Waals surface area contributed by atoms with E-state index in [0.717, 1.165) is 38.5 Å². The number of aromatic nitrogens is 4. The van der Waals surface area contributed by atoms with Crippen LogP contribution in [-0.4, -0.2) is 19.6 Å². The fourth-order valence-electron chi connectivity index (χ4n) is 3.56. The summed E-state index contributed by atoms with van der Waals surface area (Å²) < 4.78 is 13.7. The maximum atomic E-state index is 9.65. The van der Waals surface area contributed by atoms with Crippen molar-refractivity contribution in [2.75, 3.05) is 0 Å². The Kier molecular flexibility index (Phi) is 5.04. The minimum atomic E-state index is 0.188. The van der Waals surface area contributed by atoms with Crippen LogP contribution in [0.1, 0.15) is 28.1 Å². The van der Waals surface area contributed by atoms with Crippen LogP contribution >= 0.6 is 11.8 Å². The van der Waals surface area contributed by atoms with E-state index in [-0.39, 0.29) is 6.61 Å². The Labute approximate surface area is 188 Å². The fourth-order valence-corrected chi connectivity index (χ4v) is 4.47. The van der Waals surface area contributed by atoms with Gasteiger partial charge in [0.05, 0.1) is 21.6 Å². The number of rotatable bonds is 5. The summed E-state index contributed by atoms with van der Waals surface area (Å²) in [4.78, 5) is 4.67. The monoisotopic (exact) mass is 441 g/mol. The lowest BCUT2D eigenvalue weighted by atomic mass is 10.1. The Morgan fingerprint density at radius 2 is 1.91 bits per heavy atom. The van der Waals surface area contributed by atoms with Crippen LogP contribution in [0.2, 0.25) is 0 Å². The predicted octanol–water partition coefficient (Wildman–Crippen LogP) is 5.40. The van der Waals surface area contributed by atoms with Gasteiger partial charge in [-0.15, -0.1) is 10.2 Å². The van der Waals surface area contributed by atoms with Crippen molar-refractivity contribution in [1.82, 2.24) is 19.6 Å². The van der Waals surface area contributed by atoms with Gasteiger partial charge in [-0.1, -0.05) is 24.3 Å². The molecule has 3 aromatic heterocycles. The predicted molar refractivity (Wildman–Crippen MR) is 121 cm³/mol. The topological polar surface area (TPSA) is 89.2 Å². The van der Waals surface area contributed by atoms with E-state index < -0.39 is 0 Å². The number of pyridine rings is 1. The molecule has 0 fully saturated rings. The molecule has 5 aromatic rings. The molecule has 32 heavy (non-hydrogen) atoms. The summed E-state index contributed by atoms with van der Waals surface area (Å²) in [6.07, 6.45) is 0. The minimum absolute atomic E-state index is 0.188. The quantitative estimate of drug-likeness (QED) is 0.361. The summed E-state index contributed by atoms with van der Waals surface area (Å²) in [7, 11) is 0. The fraction of sp³-hybridized carbons (Fsp3) is 0.167. The highest BCUT2D eigenvalue weighted by molar-refractivity contribution is 7.99. The third kappa shape index (κ3) is 3.57. The van der Waals surface area contributed by atoms with E-state index in [4.69, 9.17) is 9.15 Å². The first-order valence-electron chi connectivity index (χ1n) is 10.0. The van der Waals surface area contributed by atoms with E-state index in [1.54, 1.807) is 0 Å². The third-order valence-corrected chi connectivity index (χ3v) is 6.04. The Hall–Kier alpha value is -3.83. The van der Waals surface area contributed by atoms with Crippen molar-refractivity contribution >= 4 is 28.4 Å². The van der Waals surface area contributed by atoms with Crippen molar-refractivity contribution in [2.45, 2.75) is 37.6 Å². The largest absolute Gasteiger partial charge is 0.484 e. The maximum Gasteiger partial charge on any atom is 0.283 e. The zero-order valence-corrected chi connectivity index (χ0v) is 18.6. The molecular formula is C24H19N5O2S. The minimum Gasteiger partial charge on any atom is -0.484 e. The van der Waals surface area contributed by atoms with Crippen LogP contribution in [0.5, 0.6) is 5.75 Å². The number of nitrogens with zero attached hydrogens (tertiary/aromatic N) is 5. The van der Waals surface area contributed by atoms with Gasteiger partial charge in [-0.3, -0.25) is 4.40 Å². The molecule has 0 saturated carbocycles. The van der Waals surface area contributed by atoms with Gasteiger partial charge in [0.1, 0.15) is 11.8 Å². The maximum absolute atomic E-state index is 9.65. The average molecular weight is 442 g/mol. The van der Waals surface area contributed by atoms with Gasteiger partial charge in [-0.05, 0) is 73.5 Å². The Morgan fingerprint density at radius 1 is 1.06 bits per heavy atom. The van der Waals surface area contributed by atoms with Crippen molar-refractivity contribution in [2.24, 2.45) is 0 Å². The van der Waals surface area contributed by atoms with Crippen LogP contribution in [-0.2, 0) is 6.61 Å². The number of nitriles is 1. The molecule has 0 unspecified atom stereocenters. The van der Waals surface area contributed by atoms with Crippen LogP contribution in [0.15, 0.2) is 63.2 Å². The molecule has 0 aliphatic rings. The van der Waals surface area contributed by atoms with Gasteiger partial charge in [0.15, 0.2) is 12.3 Å². The van der Waals surface area contributed by atoms with Gasteiger partial charge in [0.2, 0.25) is 0 Å². The molecule has 0 spiro atoms. The van der Waals surface area contributed by atoms with E-state index in [1.807, 2.05) is 73.7 Å². The summed E-state index contributed by atoms with van der Waals surface area (Å²) >= 11 is 1.34. The van der Waals surface area contributed by atoms with Crippen molar-refractivity contribution < 1.29 is 9.15 Å². The normalized spacial score (nSPS) is 11.2. The second kappa shape index (κ2) is 8.02. The van der Waals surface area contributed by atoms with Crippen LogP contribution in [0.4, 0.5) is 0 Å². The van der Waals surface area contributed by atoms with Crippen LogP contribution in [0.3, 0.4) is 0 Å². The number of hydrogen-bond donors (Lipinski definition) is 0. The molecular weight excluding hydrogens is 422 g/mol. The lowest BCUT2D eigenvalue weighted by Crippen LogP contribution is -1.97. The van der Waals surface area contributed by atoms with Gasteiger partial charge < -0.3 is 9.15 Å². The van der Waals surface area contributed by atoms with E-state index in [9.17, 15) is 5.26 Å². The Bertz CT molecular complexity index is 1510. The van der Waals surface area contributed by atoms with Gasteiger partial charge in [-0.25, -0.2) is 4.98 Å². The number of aryl methyl sites for hydroxylation is 3. The highest BCUT2D eigenvalue weighted by Crippen LogP contribution is 2.33. The average Bonchev–Trinajstić information content (AvgIpc) is 3.39. The summed E-state index contributed by atoms with van der Waals surface area (Å²) in [5.74, 6) is 1.19. The molecule has 0 N–H and O–H groups in total. The first kappa shape index (κ1) is 20.1. The van der Waals surface area contributed by atoms with Crippen molar-refractivity contribution in [1.29, 1.82) is 5.26 Å². The number of ether oxygens (including phenoxy) is 1. The molecule has 0 aliphatic heterocycles.